The van der Waals surface area contributed by atoms with Gasteiger partial charge < -0.3 is 5.73 Å². The Morgan fingerprint density at radius 3 is 1.80 bits per heavy atom. The summed E-state index contributed by atoms with van der Waals surface area (Å²) >= 11 is 0. The van der Waals surface area contributed by atoms with Crippen LogP contribution in [0.15, 0.2) is 0 Å². The number of halogens is 1. The van der Waals surface area contributed by atoms with Gasteiger partial charge in [-0.3, -0.25) is 5.41 Å². The molecule has 0 aromatic carbocycles. The number of nitrogens with two attached hydrogens (primary N) is 1. The van der Waals surface area contributed by atoms with E-state index in [1.54, 1.807) is 0 Å². The van der Waals surface area contributed by atoms with Crippen molar-refractivity contribution in [1.29, 1.82) is 5.41 Å². The molecule has 0 bridgehead atoms. The molecule has 0 aromatic rings. The van der Waals surface area contributed by atoms with Gasteiger partial charge in [-0.25, -0.2) is 0 Å². The Morgan fingerprint density at radius 1 is 1.80 bits per heavy atom. The Morgan fingerprint density at radius 2 is 1.80 bits per heavy atom. The predicted octanol–water partition coefficient (Wildman–Crippen LogP) is 0.364. The standard InChI is InChI=1S/C2H6N2.ClH/c1-2(3)4;/h1H3,(H3,3,4);1H/i2+1;. The molecule has 0 rings (SSSR count). The van der Waals surface area contributed by atoms with Crippen LogP contribution in [0, 0.1) is 5.41 Å². The Balaban J connectivity index is 0. The Labute approximate surface area is 37.3 Å². The molecule has 0 amide bonds. The molecular formula is C2H7ClN2. The maximum absolute atomic E-state index is 6.28. The first kappa shape index (κ1) is 8.83. The normalized spacial score (nSPS) is 5.00. The molecule has 2 nitrogen and oxygen atoms in total. The number of hydrogen-bond acceptors (Lipinski definition) is 1. The second kappa shape index (κ2) is 3.76. The van der Waals surface area contributed by atoms with Gasteiger partial charge in [0.25, 0.3) is 0 Å². The van der Waals surface area contributed by atoms with E-state index in [9.17, 15) is 0 Å². The molecule has 3 heteroatoms. The third kappa shape index (κ3) is 202. The summed E-state index contributed by atoms with van der Waals surface area (Å²) in [5.41, 5.74) is 4.69. The molecule has 0 heterocycles. The van der Waals surface area contributed by atoms with Crippen molar-refractivity contribution in [2.45, 2.75) is 6.92 Å². The highest BCUT2D eigenvalue weighted by Gasteiger charge is 1.53. The summed E-state index contributed by atoms with van der Waals surface area (Å²) in [6.07, 6.45) is 0. The van der Waals surface area contributed by atoms with Gasteiger partial charge in [-0.1, -0.05) is 0 Å². The highest BCUT2D eigenvalue weighted by molar-refractivity contribution is 5.85. The summed E-state index contributed by atoms with van der Waals surface area (Å²) in [6, 6.07) is 0. The van der Waals surface area contributed by atoms with Crippen molar-refractivity contribution in [2.24, 2.45) is 5.73 Å². The maximum Gasteiger partial charge on any atom is 0.0873 e. The Bertz CT molecular complexity index is 30.6. The summed E-state index contributed by atoms with van der Waals surface area (Å²) in [5, 5.41) is 6.28. The van der Waals surface area contributed by atoms with E-state index in [0.29, 0.717) is 0 Å². The Hall–Kier alpha value is -0.240. The molecule has 3 N–H and O–H groups in total. The molecule has 32 valence electrons. The van der Waals surface area contributed by atoms with Crippen molar-refractivity contribution in [2.75, 3.05) is 0 Å². The molecule has 5 heavy (non-hydrogen) atoms. The summed E-state index contributed by atoms with van der Waals surface area (Å²) in [6.45, 7) is 1.53. The molecule has 0 spiro atoms. The summed E-state index contributed by atoms with van der Waals surface area (Å²) < 4.78 is 0. The average molecular weight is 95.5 g/mol. The van der Waals surface area contributed by atoms with Gasteiger partial charge in [-0.15, -0.1) is 12.4 Å². The molecule has 0 fully saturated rings. The smallest absolute Gasteiger partial charge is 0.0873 e. The summed E-state index contributed by atoms with van der Waals surface area (Å²) in [4.78, 5) is 0. The fourth-order valence-electron chi connectivity index (χ4n) is 0. The fourth-order valence-corrected chi connectivity index (χ4v) is 0. The van der Waals surface area contributed by atoms with Gasteiger partial charge in [0.05, 0.1) is 5.84 Å². The molecule has 0 saturated carbocycles. The van der Waals surface area contributed by atoms with Crippen molar-refractivity contribution in [3.63, 3.8) is 0 Å². The first-order chi connectivity index (χ1) is 1.73. The third-order valence-electron chi connectivity index (χ3n) is 0. The minimum atomic E-state index is 0. The van der Waals surface area contributed by atoms with E-state index in [1.165, 1.54) is 6.92 Å². The van der Waals surface area contributed by atoms with Gasteiger partial charge in [-0.05, 0) is 6.92 Å². The highest BCUT2D eigenvalue weighted by atomic mass is 35.5. The zero-order valence-corrected chi connectivity index (χ0v) is 3.80. The lowest BCUT2D eigenvalue weighted by molar-refractivity contribution is 1.42. The highest BCUT2D eigenvalue weighted by Crippen LogP contribution is 1.36. The van der Waals surface area contributed by atoms with Crippen LogP contribution in [0.3, 0.4) is 0 Å². The Kier molecular flexibility index (Phi) is 6.64. The third-order valence-corrected chi connectivity index (χ3v) is 0. The van der Waals surface area contributed by atoms with E-state index in [2.05, 4.69) is 0 Å². The number of amidine groups is 1. The van der Waals surface area contributed by atoms with E-state index in [-0.39, 0.29) is 18.2 Å². The number of rotatable bonds is 0. The topological polar surface area (TPSA) is 49.9 Å². The van der Waals surface area contributed by atoms with Crippen molar-refractivity contribution >= 4 is 18.2 Å². The van der Waals surface area contributed by atoms with E-state index < -0.39 is 0 Å². The van der Waals surface area contributed by atoms with Crippen molar-refractivity contribution < 1.29 is 0 Å². The van der Waals surface area contributed by atoms with Crippen LogP contribution in [0.25, 0.3) is 0 Å². The quantitative estimate of drug-likeness (QED) is 0.255. The lowest BCUT2D eigenvalue weighted by Gasteiger charge is -1.66. The van der Waals surface area contributed by atoms with Gasteiger partial charge >= 0.3 is 0 Å². The van der Waals surface area contributed by atoms with E-state index in [0.717, 1.165) is 0 Å². The SMILES string of the molecule is C[13C](=N)N.Cl. The van der Waals surface area contributed by atoms with E-state index >= 15 is 0 Å². The molecule has 0 atom stereocenters. The second-order valence-corrected chi connectivity index (χ2v) is 0.683. The minimum Gasteiger partial charge on any atom is -0.388 e. The van der Waals surface area contributed by atoms with Crippen LogP contribution in [0.1, 0.15) is 6.92 Å². The fraction of sp³-hybridized carbons (Fsp3) is 0.500. The lowest BCUT2D eigenvalue weighted by atomic mass is 11.2. The van der Waals surface area contributed by atoms with Gasteiger partial charge in [0, 0.05) is 0 Å². The largest absolute Gasteiger partial charge is 0.388 e. The zero-order valence-electron chi connectivity index (χ0n) is 2.99. The zero-order chi connectivity index (χ0) is 3.58. The summed E-state index contributed by atoms with van der Waals surface area (Å²) in [5.74, 6) is 0.167. The molecule has 0 aliphatic carbocycles. The van der Waals surface area contributed by atoms with Crippen LogP contribution in [0.4, 0.5) is 0 Å². The first-order valence-corrected chi connectivity index (χ1v) is 1.04. The maximum atomic E-state index is 6.28. The van der Waals surface area contributed by atoms with Crippen LogP contribution in [0.2, 0.25) is 0 Å². The van der Waals surface area contributed by atoms with Crippen molar-refractivity contribution in [1.82, 2.24) is 0 Å². The van der Waals surface area contributed by atoms with Crippen LogP contribution in [-0.4, -0.2) is 5.84 Å². The minimum absolute atomic E-state index is 0. The molecule has 0 aliphatic rings. The first-order valence-electron chi connectivity index (χ1n) is 1.04. The monoisotopic (exact) mass is 95.0 g/mol. The van der Waals surface area contributed by atoms with Crippen molar-refractivity contribution in [3.8, 4) is 0 Å². The van der Waals surface area contributed by atoms with Gasteiger partial charge in [0.2, 0.25) is 0 Å². The van der Waals surface area contributed by atoms with Crippen molar-refractivity contribution in [3.05, 3.63) is 0 Å². The van der Waals surface area contributed by atoms with Crippen LogP contribution in [0.5, 0.6) is 0 Å². The molecular weight excluding hydrogens is 88.5 g/mol. The number of nitrogens with one attached hydrogen (secondary N) is 1. The van der Waals surface area contributed by atoms with Gasteiger partial charge in [-0.2, -0.15) is 0 Å². The van der Waals surface area contributed by atoms with E-state index in [1.807, 2.05) is 0 Å². The van der Waals surface area contributed by atoms with Crippen LogP contribution < -0.4 is 5.73 Å². The lowest BCUT2D eigenvalue weighted by Crippen LogP contribution is -2.00. The van der Waals surface area contributed by atoms with Gasteiger partial charge in [0.15, 0.2) is 0 Å². The van der Waals surface area contributed by atoms with Crippen LogP contribution in [-0.2, 0) is 0 Å². The van der Waals surface area contributed by atoms with Gasteiger partial charge in [0.1, 0.15) is 0 Å². The molecule has 0 aromatic heterocycles. The summed E-state index contributed by atoms with van der Waals surface area (Å²) in [7, 11) is 0. The average Bonchev–Trinajstić information content (AvgIpc) is 0.811. The second-order valence-electron chi connectivity index (χ2n) is 0.683. The molecule has 0 saturated heterocycles. The van der Waals surface area contributed by atoms with Crippen LogP contribution >= 0.6 is 12.4 Å². The predicted molar refractivity (Wildman–Crippen MR) is 24.8 cm³/mol. The molecule has 0 radical (unpaired) electrons. The van der Waals surface area contributed by atoms with E-state index in [4.69, 9.17) is 11.1 Å². The molecule has 0 aliphatic heterocycles. The number of hydrogen-bond donors (Lipinski definition) is 2. The molecule has 0 unspecified atom stereocenters.